The van der Waals surface area contributed by atoms with E-state index in [9.17, 15) is 13.8 Å². The molecule has 0 aliphatic carbocycles. The van der Waals surface area contributed by atoms with Crippen LogP contribution in [0.4, 0.5) is 15.0 Å². The first kappa shape index (κ1) is 28.9. The van der Waals surface area contributed by atoms with Crippen LogP contribution in [0.5, 0.6) is 0 Å². The van der Waals surface area contributed by atoms with Crippen LogP contribution in [-0.4, -0.2) is 60.9 Å². The quantitative estimate of drug-likeness (QED) is 0.569. The Morgan fingerprint density at radius 1 is 1.25 bits per heavy atom. The average molecular weight is 571 g/mol. The summed E-state index contributed by atoms with van der Waals surface area (Å²) in [5.41, 5.74) is -1.63. The van der Waals surface area contributed by atoms with Gasteiger partial charge >= 0.3 is 6.09 Å². The third-order valence-electron chi connectivity index (χ3n) is 6.10. The van der Waals surface area contributed by atoms with Gasteiger partial charge in [0.05, 0.1) is 17.9 Å². The van der Waals surface area contributed by atoms with Gasteiger partial charge < -0.3 is 10.1 Å². The molecule has 0 saturated carbocycles. The highest BCUT2D eigenvalue weighted by atomic mass is 32.2. The first-order valence-electron chi connectivity index (χ1n) is 12.7. The molecule has 4 heterocycles. The number of nitrogens with one attached hydrogen (secondary N) is 2. The molecule has 12 nitrogen and oxygen atoms in total. The molecule has 2 aromatic heterocycles. The van der Waals surface area contributed by atoms with Crippen LogP contribution in [-0.2, 0) is 20.2 Å². The summed E-state index contributed by atoms with van der Waals surface area (Å²) < 4.78 is 40.7. The van der Waals surface area contributed by atoms with Gasteiger partial charge in [0.25, 0.3) is 5.91 Å². The lowest BCUT2D eigenvalue weighted by Gasteiger charge is -2.39. The van der Waals surface area contributed by atoms with Gasteiger partial charge in [0.2, 0.25) is 5.96 Å². The maximum absolute atomic E-state index is 15.3. The molecule has 14 heteroatoms. The maximum atomic E-state index is 15.3. The molecule has 0 radical (unpaired) electrons. The number of alkyl carbamates (subject to hydrolysis) is 1. The van der Waals surface area contributed by atoms with Crippen LogP contribution in [0.2, 0.25) is 0 Å². The Bertz CT molecular complexity index is 1550. The van der Waals surface area contributed by atoms with E-state index >= 15 is 4.39 Å². The second kappa shape index (κ2) is 10.8. The normalized spacial score (nSPS) is 22.5. The van der Waals surface area contributed by atoms with E-state index in [4.69, 9.17) is 10.00 Å². The highest BCUT2D eigenvalue weighted by molar-refractivity contribution is 7.92. The number of pyridine rings is 2. The van der Waals surface area contributed by atoms with E-state index in [1.165, 1.54) is 22.6 Å². The van der Waals surface area contributed by atoms with Crippen molar-refractivity contribution in [2.24, 2.45) is 9.36 Å². The van der Waals surface area contributed by atoms with Gasteiger partial charge in [-0.15, -0.1) is 0 Å². The molecule has 2 aromatic rings. The van der Waals surface area contributed by atoms with Crippen LogP contribution >= 0.6 is 0 Å². The van der Waals surface area contributed by atoms with Gasteiger partial charge in [-0.05, 0) is 71.2 Å². The number of hydrogen-bond donors (Lipinski definition) is 2. The van der Waals surface area contributed by atoms with E-state index < -0.39 is 38.9 Å². The van der Waals surface area contributed by atoms with Gasteiger partial charge in [0, 0.05) is 12.7 Å². The van der Waals surface area contributed by atoms with Crippen molar-refractivity contribution in [1.82, 2.24) is 19.6 Å². The van der Waals surface area contributed by atoms with Crippen molar-refractivity contribution in [3.8, 4) is 6.07 Å². The van der Waals surface area contributed by atoms with Crippen molar-refractivity contribution >= 4 is 33.7 Å². The number of hydrogen-bond acceptors (Lipinski definition) is 9. The molecule has 0 aromatic carbocycles. The number of aliphatic imine (C=N–C) groups is 1. The zero-order chi connectivity index (χ0) is 29.3. The summed E-state index contributed by atoms with van der Waals surface area (Å²) in [7, 11) is -3.14. The van der Waals surface area contributed by atoms with Crippen molar-refractivity contribution in [2.45, 2.75) is 58.6 Å². The number of amides is 2. The number of rotatable bonds is 3. The number of nitrogens with zero attached hydrogens (tertiary/aromatic N) is 6. The SMILES string of the molecule is Cc1cc(C#N)cnc1C(=O)Nc1ccc(F)c([C@]2(C)C[S@]3(=O)=NCCCCN3C(NC(=O)OC(C)(C)C)=N2)n1. The predicted octanol–water partition coefficient (Wildman–Crippen LogP) is 3.64. The smallest absolute Gasteiger partial charge is 0.414 e. The maximum Gasteiger partial charge on any atom is 0.414 e. The lowest BCUT2D eigenvalue weighted by Crippen LogP contribution is -2.55. The number of ether oxygens (including phenoxy) is 1. The minimum atomic E-state index is -3.14. The molecule has 2 atom stereocenters. The molecule has 0 unspecified atom stereocenters. The van der Waals surface area contributed by atoms with Gasteiger partial charge in [-0.3, -0.25) is 14.4 Å². The highest BCUT2D eigenvalue weighted by Gasteiger charge is 2.44. The summed E-state index contributed by atoms with van der Waals surface area (Å²) in [6, 6.07) is 5.90. The minimum Gasteiger partial charge on any atom is -0.444 e. The Kier molecular flexibility index (Phi) is 7.80. The number of nitriles is 1. The molecule has 4 rings (SSSR count). The molecule has 2 N–H and O–H groups in total. The van der Waals surface area contributed by atoms with E-state index in [1.807, 2.05) is 6.07 Å². The molecule has 0 saturated heterocycles. The predicted molar refractivity (Wildman–Crippen MR) is 146 cm³/mol. The van der Waals surface area contributed by atoms with Gasteiger partial charge in [0.15, 0.2) is 0 Å². The monoisotopic (exact) mass is 570 g/mol. The van der Waals surface area contributed by atoms with Crippen molar-refractivity contribution in [1.29, 1.82) is 5.26 Å². The Labute approximate surface area is 232 Å². The van der Waals surface area contributed by atoms with E-state index in [1.54, 1.807) is 34.6 Å². The zero-order valence-electron chi connectivity index (χ0n) is 22.9. The number of carbonyl (C=O) groups is 2. The Hall–Kier alpha value is -4.12. The number of aromatic nitrogens is 2. The largest absolute Gasteiger partial charge is 0.444 e. The lowest BCUT2D eigenvalue weighted by molar-refractivity contribution is 0.0558. The number of anilines is 1. The van der Waals surface area contributed by atoms with Crippen molar-refractivity contribution in [2.75, 3.05) is 24.2 Å². The van der Waals surface area contributed by atoms with E-state index in [2.05, 4.69) is 30.0 Å². The fourth-order valence-electron chi connectivity index (χ4n) is 4.38. The number of aryl methyl sites for hydroxylation is 1. The lowest BCUT2D eigenvalue weighted by atomic mass is 9.99. The van der Waals surface area contributed by atoms with Crippen LogP contribution in [0.1, 0.15) is 67.8 Å². The summed E-state index contributed by atoms with van der Waals surface area (Å²) in [5.74, 6) is -1.56. The van der Waals surface area contributed by atoms with Crippen molar-refractivity contribution in [3.63, 3.8) is 0 Å². The second-order valence-electron chi connectivity index (χ2n) is 10.7. The van der Waals surface area contributed by atoms with E-state index in [-0.39, 0.29) is 28.9 Å². The summed E-state index contributed by atoms with van der Waals surface area (Å²) in [4.78, 5) is 38.6. The standard InChI is InChI=1S/C26H31FN8O4S/c1-16-12-17(13-28)14-29-20(16)22(36)32-19-9-8-18(27)21(31-19)26(5)15-40(38)30-10-6-7-11-35(40)23(34-26)33-24(37)39-25(2,3)4/h8-9,12,14H,6-7,10-11,15H2,1-5H3,(H,31,32,36)(H,33,34,37)/t26-,40-/m0/s1. The fourth-order valence-corrected chi connectivity index (χ4v) is 6.89. The minimum absolute atomic E-state index is 0.0141. The van der Waals surface area contributed by atoms with Crippen molar-refractivity contribution in [3.05, 3.63) is 52.7 Å². The second-order valence-corrected chi connectivity index (χ2v) is 12.9. The molecule has 40 heavy (non-hydrogen) atoms. The molecule has 0 spiro atoms. The molecule has 2 amide bonds. The van der Waals surface area contributed by atoms with Crippen LogP contribution in [0.25, 0.3) is 0 Å². The first-order chi connectivity index (χ1) is 18.7. The number of guanidine groups is 1. The molecular formula is C26H31FN8O4S. The molecular weight excluding hydrogens is 539 g/mol. The van der Waals surface area contributed by atoms with Gasteiger partial charge in [-0.25, -0.2) is 32.7 Å². The average Bonchev–Trinajstić information content (AvgIpc) is 3.04. The van der Waals surface area contributed by atoms with Crippen LogP contribution in [0.3, 0.4) is 0 Å². The van der Waals surface area contributed by atoms with E-state index in [0.29, 0.717) is 37.1 Å². The summed E-state index contributed by atoms with van der Waals surface area (Å²) in [5, 5.41) is 14.2. The molecule has 0 fully saturated rings. The summed E-state index contributed by atoms with van der Waals surface area (Å²) in [6.45, 7) is 8.98. The van der Waals surface area contributed by atoms with Gasteiger partial charge in [-0.1, -0.05) is 0 Å². The van der Waals surface area contributed by atoms with Gasteiger partial charge in [-0.2, -0.15) is 5.26 Å². The molecule has 212 valence electrons. The molecule has 2 aliphatic heterocycles. The van der Waals surface area contributed by atoms with Crippen molar-refractivity contribution < 1.29 is 22.9 Å². The Balaban J connectivity index is 1.73. The number of carbonyl (C=O) groups excluding carboxylic acids is 2. The van der Waals surface area contributed by atoms with Crippen LogP contribution in [0.15, 0.2) is 33.8 Å². The number of halogens is 1. The topological polar surface area (TPSA) is 162 Å². The molecule has 0 bridgehead atoms. The first-order valence-corrected chi connectivity index (χ1v) is 14.3. The van der Waals surface area contributed by atoms with Gasteiger partial charge in [0.1, 0.15) is 50.1 Å². The summed E-state index contributed by atoms with van der Waals surface area (Å²) in [6.07, 6.45) is 1.84. The summed E-state index contributed by atoms with van der Waals surface area (Å²) >= 11 is 0. The Morgan fingerprint density at radius 2 is 2.00 bits per heavy atom. The highest BCUT2D eigenvalue weighted by Crippen LogP contribution is 2.35. The van der Waals surface area contributed by atoms with Crippen LogP contribution in [0, 0.1) is 24.1 Å². The zero-order valence-corrected chi connectivity index (χ0v) is 23.8. The molecule has 2 aliphatic rings. The van der Waals surface area contributed by atoms with E-state index in [0.717, 1.165) is 6.07 Å². The number of fused-ring (bicyclic) bond motifs is 1. The third kappa shape index (κ3) is 6.20. The third-order valence-corrected chi connectivity index (χ3v) is 8.67. The fraction of sp³-hybridized carbons (Fsp3) is 0.462. The van der Waals surface area contributed by atoms with Crippen LogP contribution < -0.4 is 10.6 Å². The Morgan fingerprint density at radius 3 is 2.67 bits per heavy atom.